The summed E-state index contributed by atoms with van der Waals surface area (Å²) in [5, 5.41) is 0. The van der Waals surface area contributed by atoms with E-state index >= 15 is 0 Å². The van der Waals surface area contributed by atoms with E-state index in [4.69, 9.17) is 4.74 Å². The first-order chi connectivity index (χ1) is 11.0. The molecule has 1 aromatic rings. The third-order valence-corrected chi connectivity index (χ3v) is 3.88. The summed E-state index contributed by atoms with van der Waals surface area (Å²) in [6, 6.07) is 3.98. The molecule has 0 atom stereocenters. The summed E-state index contributed by atoms with van der Waals surface area (Å²) in [7, 11) is 3.56. The van der Waals surface area contributed by atoms with Crippen molar-refractivity contribution in [3.05, 3.63) is 24.0 Å². The van der Waals surface area contributed by atoms with E-state index in [2.05, 4.69) is 6.92 Å². The minimum absolute atomic E-state index is 0.0223. The third kappa shape index (κ3) is 6.44. The van der Waals surface area contributed by atoms with Crippen molar-refractivity contribution in [3.8, 4) is 0 Å². The van der Waals surface area contributed by atoms with Crippen LogP contribution in [-0.4, -0.2) is 59.5 Å². The van der Waals surface area contributed by atoms with Crippen molar-refractivity contribution in [1.82, 2.24) is 14.4 Å². The smallest absolute Gasteiger partial charge is 0.242 e. The van der Waals surface area contributed by atoms with Crippen molar-refractivity contribution in [1.29, 1.82) is 0 Å². The maximum Gasteiger partial charge on any atom is 0.242 e. The number of amides is 2. The van der Waals surface area contributed by atoms with Crippen LogP contribution in [0.5, 0.6) is 0 Å². The van der Waals surface area contributed by atoms with E-state index in [0.29, 0.717) is 26.2 Å². The van der Waals surface area contributed by atoms with E-state index in [1.54, 1.807) is 7.11 Å². The molecule has 1 rings (SSSR count). The number of ether oxygens (including phenoxy) is 1. The minimum Gasteiger partial charge on any atom is -0.383 e. The number of aryl methyl sites for hydroxylation is 1. The van der Waals surface area contributed by atoms with Crippen LogP contribution in [0.15, 0.2) is 18.3 Å². The highest BCUT2D eigenvalue weighted by atomic mass is 16.5. The number of rotatable bonds is 10. The van der Waals surface area contributed by atoms with Crippen LogP contribution in [0.4, 0.5) is 0 Å². The van der Waals surface area contributed by atoms with E-state index < -0.39 is 0 Å². The molecule has 0 fully saturated rings. The summed E-state index contributed by atoms with van der Waals surface area (Å²) >= 11 is 0. The molecule has 0 aliphatic carbocycles. The van der Waals surface area contributed by atoms with Crippen LogP contribution < -0.4 is 0 Å². The van der Waals surface area contributed by atoms with E-state index in [1.165, 1.54) is 11.8 Å². The van der Waals surface area contributed by atoms with Gasteiger partial charge in [-0.05, 0) is 18.6 Å². The molecule has 0 aliphatic rings. The second kappa shape index (κ2) is 10.0. The van der Waals surface area contributed by atoms with E-state index in [-0.39, 0.29) is 18.4 Å². The number of carbonyl (C=O) groups excluding carboxylic acids is 2. The SMILES string of the molecule is CCCCN(Cc1cccn1C)C(=O)CN(CCOC)C(C)=O. The van der Waals surface area contributed by atoms with E-state index in [9.17, 15) is 9.59 Å². The predicted octanol–water partition coefficient (Wildman–Crippen LogP) is 1.65. The first-order valence-electron chi connectivity index (χ1n) is 8.12. The fourth-order valence-corrected chi connectivity index (χ4v) is 2.31. The third-order valence-electron chi connectivity index (χ3n) is 3.88. The molecule has 6 nitrogen and oxygen atoms in total. The number of hydrogen-bond acceptors (Lipinski definition) is 3. The average Bonchev–Trinajstić information content (AvgIpc) is 2.92. The predicted molar refractivity (Wildman–Crippen MR) is 89.9 cm³/mol. The van der Waals surface area contributed by atoms with Crippen molar-refractivity contribution in [2.75, 3.05) is 33.4 Å². The first kappa shape index (κ1) is 19.2. The van der Waals surface area contributed by atoms with Crippen molar-refractivity contribution in [3.63, 3.8) is 0 Å². The lowest BCUT2D eigenvalue weighted by Gasteiger charge is -2.27. The Morgan fingerprint density at radius 2 is 2.00 bits per heavy atom. The van der Waals surface area contributed by atoms with E-state index in [1.807, 2.05) is 34.8 Å². The van der Waals surface area contributed by atoms with Crippen LogP contribution >= 0.6 is 0 Å². The Hall–Kier alpha value is -1.82. The van der Waals surface area contributed by atoms with E-state index in [0.717, 1.165) is 18.5 Å². The Kier molecular flexibility index (Phi) is 8.40. The van der Waals surface area contributed by atoms with Gasteiger partial charge in [0.05, 0.1) is 19.7 Å². The van der Waals surface area contributed by atoms with Gasteiger partial charge in [-0.1, -0.05) is 13.3 Å². The van der Waals surface area contributed by atoms with Crippen LogP contribution in [0.2, 0.25) is 0 Å². The maximum atomic E-state index is 12.6. The molecule has 0 bridgehead atoms. The molecular formula is C17H29N3O3. The molecule has 0 N–H and O–H groups in total. The zero-order valence-corrected chi connectivity index (χ0v) is 14.7. The number of unbranched alkanes of at least 4 members (excludes halogenated alkanes) is 1. The van der Waals surface area contributed by atoms with Gasteiger partial charge in [0.2, 0.25) is 11.8 Å². The molecule has 0 saturated heterocycles. The molecule has 1 heterocycles. The lowest BCUT2D eigenvalue weighted by molar-refractivity contribution is -0.140. The van der Waals surface area contributed by atoms with Crippen LogP contribution in [0.25, 0.3) is 0 Å². The maximum absolute atomic E-state index is 12.6. The molecule has 130 valence electrons. The monoisotopic (exact) mass is 323 g/mol. The van der Waals surface area contributed by atoms with Gasteiger partial charge in [0.1, 0.15) is 0 Å². The molecular weight excluding hydrogens is 294 g/mol. The Bertz CT molecular complexity index is 499. The Morgan fingerprint density at radius 1 is 1.26 bits per heavy atom. The highest BCUT2D eigenvalue weighted by Gasteiger charge is 2.19. The zero-order chi connectivity index (χ0) is 17.2. The summed E-state index contributed by atoms with van der Waals surface area (Å²) in [4.78, 5) is 27.7. The second-order valence-electron chi connectivity index (χ2n) is 5.71. The summed E-state index contributed by atoms with van der Waals surface area (Å²) < 4.78 is 7.02. The minimum atomic E-state index is -0.107. The van der Waals surface area contributed by atoms with Gasteiger partial charge in [-0.15, -0.1) is 0 Å². The van der Waals surface area contributed by atoms with Gasteiger partial charge >= 0.3 is 0 Å². The average molecular weight is 323 g/mol. The number of nitrogens with zero attached hydrogens (tertiary/aromatic N) is 3. The summed E-state index contributed by atoms with van der Waals surface area (Å²) in [5.74, 6) is -0.129. The molecule has 0 spiro atoms. The van der Waals surface area contributed by atoms with Crippen LogP contribution in [-0.2, 0) is 27.9 Å². The fourth-order valence-electron chi connectivity index (χ4n) is 2.31. The standard InChI is InChI=1S/C17H29N3O3/c1-5-6-10-20(13-16-8-7-9-18(16)3)17(22)14-19(15(2)21)11-12-23-4/h7-9H,5-6,10-14H2,1-4H3. The van der Waals surface area contributed by atoms with Crippen LogP contribution in [0.1, 0.15) is 32.4 Å². The topological polar surface area (TPSA) is 54.8 Å². The zero-order valence-electron chi connectivity index (χ0n) is 14.7. The normalized spacial score (nSPS) is 10.6. The van der Waals surface area contributed by atoms with Gasteiger partial charge < -0.3 is 19.1 Å². The largest absolute Gasteiger partial charge is 0.383 e. The van der Waals surface area contributed by atoms with Crippen LogP contribution in [0, 0.1) is 0 Å². The molecule has 0 aromatic carbocycles. The van der Waals surface area contributed by atoms with Crippen molar-refractivity contribution in [2.24, 2.45) is 7.05 Å². The van der Waals surface area contributed by atoms with Gasteiger partial charge in [-0.25, -0.2) is 0 Å². The summed E-state index contributed by atoms with van der Waals surface area (Å²) in [5.41, 5.74) is 1.08. The molecule has 0 radical (unpaired) electrons. The fraction of sp³-hybridized carbons (Fsp3) is 0.647. The van der Waals surface area contributed by atoms with Gasteiger partial charge in [0.15, 0.2) is 0 Å². The highest BCUT2D eigenvalue weighted by Crippen LogP contribution is 2.08. The van der Waals surface area contributed by atoms with Crippen molar-refractivity contribution in [2.45, 2.75) is 33.2 Å². The van der Waals surface area contributed by atoms with Gasteiger partial charge in [-0.2, -0.15) is 0 Å². The Balaban J connectivity index is 2.73. The molecule has 0 unspecified atom stereocenters. The molecule has 6 heteroatoms. The summed E-state index contributed by atoms with van der Waals surface area (Å²) in [6.07, 6.45) is 3.95. The van der Waals surface area contributed by atoms with Crippen LogP contribution in [0.3, 0.4) is 0 Å². The Labute approximate surface area is 139 Å². The lowest BCUT2D eigenvalue weighted by atomic mass is 10.2. The summed E-state index contributed by atoms with van der Waals surface area (Å²) in [6.45, 7) is 5.83. The van der Waals surface area contributed by atoms with Crippen molar-refractivity contribution < 1.29 is 14.3 Å². The van der Waals surface area contributed by atoms with Gasteiger partial charge in [0, 0.05) is 46.1 Å². The second-order valence-corrected chi connectivity index (χ2v) is 5.71. The lowest BCUT2D eigenvalue weighted by Crippen LogP contribution is -2.43. The number of methoxy groups -OCH3 is 1. The first-order valence-corrected chi connectivity index (χ1v) is 8.12. The number of aromatic nitrogens is 1. The molecule has 0 saturated carbocycles. The molecule has 23 heavy (non-hydrogen) atoms. The Morgan fingerprint density at radius 3 is 2.52 bits per heavy atom. The molecule has 0 aliphatic heterocycles. The number of hydrogen-bond donors (Lipinski definition) is 0. The molecule has 1 aromatic heterocycles. The van der Waals surface area contributed by atoms with Gasteiger partial charge in [0.25, 0.3) is 0 Å². The highest BCUT2D eigenvalue weighted by molar-refractivity contribution is 5.83. The molecule has 2 amide bonds. The van der Waals surface area contributed by atoms with Gasteiger partial charge in [-0.3, -0.25) is 9.59 Å². The van der Waals surface area contributed by atoms with Crippen molar-refractivity contribution >= 4 is 11.8 Å². The quantitative estimate of drug-likeness (QED) is 0.658. The number of carbonyl (C=O) groups is 2.